The lowest BCUT2D eigenvalue weighted by Gasteiger charge is -2.07. The van der Waals surface area contributed by atoms with Gasteiger partial charge in [0.05, 0.1) is 16.7 Å². The van der Waals surface area contributed by atoms with Crippen LogP contribution in [0.2, 0.25) is 0 Å². The van der Waals surface area contributed by atoms with Crippen molar-refractivity contribution in [2.24, 2.45) is 12.9 Å². The fourth-order valence-corrected chi connectivity index (χ4v) is 1.67. The molecule has 0 fully saturated rings. The maximum absolute atomic E-state index is 13.5. The number of halogens is 1. The van der Waals surface area contributed by atoms with E-state index in [-0.39, 0.29) is 17.1 Å². The molecular weight excluding hydrogens is 283 g/mol. The van der Waals surface area contributed by atoms with Crippen LogP contribution in [0.25, 0.3) is 0 Å². The molecule has 4 N–H and O–H groups in total. The molecule has 0 aliphatic carbocycles. The number of aromatic nitrogens is 2. The maximum atomic E-state index is 13.5. The summed E-state index contributed by atoms with van der Waals surface area (Å²) in [6.45, 7) is 0. The van der Waals surface area contributed by atoms with Gasteiger partial charge in [-0.1, -0.05) is 0 Å². The van der Waals surface area contributed by atoms with Crippen LogP contribution in [0.4, 0.5) is 21.6 Å². The Kier molecular flexibility index (Phi) is 3.80. The molecule has 0 spiro atoms. The summed E-state index contributed by atoms with van der Waals surface area (Å²) in [6.07, 6.45) is 1.58. The summed E-state index contributed by atoms with van der Waals surface area (Å²) in [5, 5.41) is 17.2. The van der Waals surface area contributed by atoms with Gasteiger partial charge in [-0.3, -0.25) is 25.4 Å². The Bertz CT molecular complexity index is 714. The van der Waals surface area contributed by atoms with Crippen molar-refractivity contribution < 1.29 is 14.1 Å². The van der Waals surface area contributed by atoms with Crippen molar-refractivity contribution in [1.82, 2.24) is 9.78 Å². The number of amides is 1. The first kappa shape index (κ1) is 14.4. The van der Waals surface area contributed by atoms with Crippen molar-refractivity contribution >= 4 is 23.1 Å². The zero-order valence-electron chi connectivity index (χ0n) is 10.8. The smallest absolute Gasteiger partial charge is 0.285 e. The topological polar surface area (TPSA) is 128 Å². The molecule has 0 saturated heterocycles. The molecule has 0 radical (unpaired) electrons. The van der Waals surface area contributed by atoms with Crippen molar-refractivity contribution in [2.45, 2.75) is 0 Å². The molecule has 2 rings (SSSR count). The van der Waals surface area contributed by atoms with Crippen LogP contribution in [0.15, 0.2) is 24.4 Å². The van der Waals surface area contributed by atoms with Gasteiger partial charge < -0.3 is 10.7 Å². The number of aryl methyl sites for hydroxylation is 1. The number of rotatable bonds is 4. The number of nitro benzene ring substituents is 1. The van der Waals surface area contributed by atoms with Crippen molar-refractivity contribution in [3.63, 3.8) is 0 Å². The molecule has 10 heteroatoms. The van der Waals surface area contributed by atoms with Crippen molar-refractivity contribution in [1.29, 1.82) is 0 Å². The summed E-state index contributed by atoms with van der Waals surface area (Å²) < 4.78 is 14.9. The summed E-state index contributed by atoms with van der Waals surface area (Å²) in [5.74, 6) is 3.58. The van der Waals surface area contributed by atoms with Gasteiger partial charge in [-0.05, 0) is 6.07 Å². The Morgan fingerprint density at radius 3 is 2.76 bits per heavy atom. The second kappa shape index (κ2) is 5.54. The van der Waals surface area contributed by atoms with E-state index in [4.69, 9.17) is 5.84 Å². The number of nitro groups is 1. The Morgan fingerprint density at radius 1 is 1.52 bits per heavy atom. The predicted molar refractivity (Wildman–Crippen MR) is 72.0 cm³/mol. The number of anilines is 2. The normalized spacial score (nSPS) is 10.2. The van der Waals surface area contributed by atoms with E-state index in [0.717, 1.165) is 6.07 Å². The lowest BCUT2D eigenvalue weighted by Crippen LogP contribution is -2.17. The number of nitrogens with one attached hydrogen (secondary N) is 2. The second-order valence-corrected chi connectivity index (χ2v) is 4.08. The number of carbonyl (C=O) groups excluding carboxylic acids is 1. The van der Waals surface area contributed by atoms with E-state index in [9.17, 15) is 19.3 Å². The third kappa shape index (κ3) is 2.95. The monoisotopic (exact) mass is 294 g/mol. The standard InChI is InChI=1S/C11H11FN6O3/c1-17-3-2-10(16-17)14-11(19)6-4-8(15-13)7(12)5-9(6)18(20)21/h2-5,15H,13H2,1H3,(H,14,16,19). The summed E-state index contributed by atoms with van der Waals surface area (Å²) in [4.78, 5) is 22.1. The minimum atomic E-state index is -0.932. The van der Waals surface area contributed by atoms with Gasteiger partial charge in [-0.25, -0.2) is 4.39 Å². The van der Waals surface area contributed by atoms with Gasteiger partial charge in [0.1, 0.15) is 5.56 Å². The highest BCUT2D eigenvalue weighted by molar-refractivity contribution is 6.07. The van der Waals surface area contributed by atoms with Gasteiger partial charge in [0.2, 0.25) is 0 Å². The molecule has 0 atom stereocenters. The minimum Gasteiger partial charge on any atom is -0.321 e. The molecule has 1 amide bonds. The molecule has 0 saturated carbocycles. The summed E-state index contributed by atoms with van der Waals surface area (Å²) >= 11 is 0. The first-order valence-electron chi connectivity index (χ1n) is 5.68. The van der Waals surface area contributed by atoms with Crippen LogP contribution >= 0.6 is 0 Å². The Labute approximate surface area is 117 Å². The average Bonchev–Trinajstić information content (AvgIpc) is 2.83. The molecule has 2 aromatic rings. The van der Waals surface area contributed by atoms with Gasteiger partial charge in [0.15, 0.2) is 11.6 Å². The van der Waals surface area contributed by atoms with Gasteiger partial charge in [0.25, 0.3) is 11.6 Å². The highest BCUT2D eigenvalue weighted by Gasteiger charge is 2.24. The van der Waals surface area contributed by atoms with Gasteiger partial charge >= 0.3 is 0 Å². The number of carbonyl (C=O) groups is 1. The van der Waals surface area contributed by atoms with E-state index < -0.39 is 22.3 Å². The quantitative estimate of drug-likeness (QED) is 0.438. The van der Waals surface area contributed by atoms with Crippen LogP contribution in [0.1, 0.15) is 10.4 Å². The Balaban J connectivity index is 2.40. The third-order valence-corrected chi connectivity index (χ3v) is 2.64. The molecule has 9 nitrogen and oxygen atoms in total. The van der Waals surface area contributed by atoms with Crippen LogP contribution in [-0.2, 0) is 7.05 Å². The zero-order valence-corrected chi connectivity index (χ0v) is 10.8. The first-order valence-corrected chi connectivity index (χ1v) is 5.68. The molecule has 0 aliphatic heterocycles. The number of nitrogens with zero attached hydrogens (tertiary/aromatic N) is 3. The summed E-state index contributed by atoms with van der Waals surface area (Å²) in [6, 6.07) is 3.10. The molecule has 0 bridgehead atoms. The zero-order chi connectivity index (χ0) is 15.6. The second-order valence-electron chi connectivity index (χ2n) is 4.08. The van der Waals surface area contributed by atoms with Crippen molar-refractivity contribution in [3.8, 4) is 0 Å². The molecule has 21 heavy (non-hydrogen) atoms. The summed E-state index contributed by atoms with van der Waals surface area (Å²) in [7, 11) is 1.65. The number of hydrogen-bond donors (Lipinski definition) is 3. The van der Waals surface area contributed by atoms with Crippen LogP contribution < -0.4 is 16.6 Å². The highest BCUT2D eigenvalue weighted by Crippen LogP contribution is 2.26. The van der Waals surface area contributed by atoms with E-state index >= 15 is 0 Å². The van der Waals surface area contributed by atoms with E-state index in [2.05, 4.69) is 10.4 Å². The fourth-order valence-electron chi connectivity index (χ4n) is 1.67. The maximum Gasteiger partial charge on any atom is 0.285 e. The molecule has 1 heterocycles. The fraction of sp³-hybridized carbons (Fsp3) is 0.0909. The van der Waals surface area contributed by atoms with Crippen LogP contribution in [0.3, 0.4) is 0 Å². The number of hydrogen-bond acceptors (Lipinski definition) is 6. The highest BCUT2D eigenvalue weighted by atomic mass is 19.1. The van der Waals surface area contributed by atoms with Crippen LogP contribution in [0.5, 0.6) is 0 Å². The number of nitrogens with two attached hydrogens (primary N) is 1. The van der Waals surface area contributed by atoms with E-state index in [1.807, 2.05) is 5.43 Å². The Hall–Kier alpha value is -3.01. The van der Waals surface area contributed by atoms with E-state index in [0.29, 0.717) is 6.07 Å². The van der Waals surface area contributed by atoms with Gasteiger partial charge in [-0.15, -0.1) is 0 Å². The number of benzene rings is 1. The molecule has 0 aliphatic rings. The average molecular weight is 294 g/mol. The third-order valence-electron chi connectivity index (χ3n) is 2.64. The largest absolute Gasteiger partial charge is 0.321 e. The molecule has 1 aromatic heterocycles. The lowest BCUT2D eigenvalue weighted by atomic mass is 10.1. The van der Waals surface area contributed by atoms with Gasteiger partial charge in [0, 0.05) is 19.3 Å². The minimum absolute atomic E-state index is 0.211. The Morgan fingerprint density at radius 2 is 2.24 bits per heavy atom. The first-order chi connectivity index (χ1) is 9.92. The lowest BCUT2D eigenvalue weighted by molar-refractivity contribution is -0.385. The SMILES string of the molecule is Cn1ccc(NC(=O)c2cc(NN)c(F)cc2[N+](=O)[O-])n1. The predicted octanol–water partition coefficient (Wildman–Crippen LogP) is 1.01. The molecule has 110 valence electrons. The van der Waals surface area contributed by atoms with E-state index in [1.165, 1.54) is 10.7 Å². The molecule has 1 aromatic carbocycles. The van der Waals surface area contributed by atoms with Crippen LogP contribution in [0, 0.1) is 15.9 Å². The summed E-state index contributed by atoms with van der Waals surface area (Å²) in [5.41, 5.74) is 0.797. The number of nitrogen functional groups attached to an aromatic ring is 1. The van der Waals surface area contributed by atoms with Gasteiger partial charge in [-0.2, -0.15) is 5.10 Å². The van der Waals surface area contributed by atoms with Crippen molar-refractivity contribution in [3.05, 3.63) is 45.9 Å². The van der Waals surface area contributed by atoms with Crippen LogP contribution in [-0.4, -0.2) is 20.6 Å². The van der Waals surface area contributed by atoms with E-state index in [1.54, 1.807) is 13.2 Å². The molecule has 0 unspecified atom stereocenters. The molecular formula is C11H11FN6O3. The van der Waals surface area contributed by atoms with Crippen molar-refractivity contribution in [2.75, 3.05) is 10.7 Å². The number of hydrazine groups is 1.